The molecule has 0 unspecified atom stereocenters. The Morgan fingerprint density at radius 2 is 1.61 bits per heavy atom. The first-order valence-electron chi connectivity index (χ1n) is 6.00. The van der Waals surface area contributed by atoms with E-state index in [1.807, 2.05) is 18.2 Å². The van der Waals surface area contributed by atoms with Gasteiger partial charge in [-0.3, -0.25) is 5.73 Å². The molecule has 1 saturated heterocycles. The van der Waals surface area contributed by atoms with Gasteiger partial charge in [0.1, 0.15) is 0 Å². The maximum atomic E-state index is 5.77. The second-order valence-corrected chi connectivity index (χ2v) is 4.60. The topological polar surface area (TPSA) is 70.5 Å². The van der Waals surface area contributed by atoms with E-state index in [-0.39, 0.29) is 5.92 Å². The van der Waals surface area contributed by atoms with Gasteiger partial charge in [0.25, 0.3) is 0 Å². The minimum absolute atomic E-state index is 0.242. The molecule has 0 aromatic heterocycles. The molecule has 1 aliphatic rings. The molecule has 0 amide bonds. The van der Waals surface area contributed by atoms with Crippen molar-refractivity contribution in [1.82, 2.24) is 0 Å². The minimum Gasteiger partial charge on any atom is -0.399 e. The molecule has 94 valence electrons. The molecular weight excluding hydrogens is 228 g/mol. The largest absolute Gasteiger partial charge is 0.399 e. The Morgan fingerprint density at radius 1 is 0.944 bits per heavy atom. The highest BCUT2D eigenvalue weighted by Gasteiger charge is 2.20. The number of nitrogens with two attached hydrogens (primary N) is 2. The smallest absolute Gasteiger partial charge is 0.213 e. The van der Waals surface area contributed by atoms with Gasteiger partial charge in [-0.2, -0.15) is 0 Å². The summed E-state index contributed by atoms with van der Waals surface area (Å²) in [6.45, 7) is 1.20. The molecular formula is C14H16N2O2. The van der Waals surface area contributed by atoms with Gasteiger partial charge >= 0.3 is 0 Å². The highest BCUT2D eigenvalue weighted by Crippen LogP contribution is 2.26. The predicted molar refractivity (Wildman–Crippen MR) is 71.0 cm³/mol. The van der Waals surface area contributed by atoms with Crippen LogP contribution < -0.4 is 11.5 Å². The molecule has 0 bridgehead atoms. The summed E-state index contributed by atoms with van der Waals surface area (Å²) in [4.78, 5) is 0. The van der Waals surface area contributed by atoms with Crippen LogP contribution in [0, 0.1) is 0 Å². The van der Waals surface area contributed by atoms with Crippen molar-refractivity contribution in [3.63, 3.8) is 0 Å². The molecule has 18 heavy (non-hydrogen) atoms. The van der Waals surface area contributed by atoms with Gasteiger partial charge < -0.3 is 15.2 Å². The molecule has 2 aromatic rings. The number of ether oxygens (including phenoxy) is 2. The maximum absolute atomic E-state index is 5.77. The van der Waals surface area contributed by atoms with Crippen LogP contribution in [0.2, 0.25) is 0 Å². The van der Waals surface area contributed by atoms with Crippen molar-refractivity contribution < 1.29 is 9.47 Å². The van der Waals surface area contributed by atoms with E-state index < -0.39 is 6.41 Å². The first-order valence-corrected chi connectivity index (χ1v) is 6.00. The quantitative estimate of drug-likeness (QED) is 0.750. The number of nitrogen functional groups attached to an aromatic ring is 1. The molecule has 0 radical (unpaired) electrons. The van der Waals surface area contributed by atoms with Crippen molar-refractivity contribution in [2.24, 2.45) is 5.73 Å². The molecule has 1 fully saturated rings. The van der Waals surface area contributed by atoms with E-state index in [1.165, 1.54) is 10.9 Å². The molecule has 0 atom stereocenters. The lowest BCUT2D eigenvalue weighted by atomic mass is 9.97. The Bertz CT molecular complexity index is 563. The molecule has 1 aliphatic heterocycles. The Hall–Kier alpha value is -1.62. The molecule has 2 aromatic carbocycles. The third-order valence-corrected chi connectivity index (χ3v) is 3.28. The van der Waals surface area contributed by atoms with Crippen molar-refractivity contribution in [3.05, 3.63) is 42.0 Å². The fourth-order valence-electron chi connectivity index (χ4n) is 2.25. The zero-order valence-electron chi connectivity index (χ0n) is 10.0. The van der Waals surface area contributed by atoms with Crippen molar-refractivity contribution >= 4 is 16.5 Å². The Labute approximate surface area is 105 Å². The van der Waals surface area contributed by atoms with Gasteiger partial charge in [0.2, 0.25) is 6.41 Å². The summed E-state index contributed by atoms with van der Waals surface area (Å²) in [5.41, 5.74) is 13.3. The second kappa shape index (κ2) is 4.57. The van der Waals surface area contributed by atoms with E-state index >= 15 is 0 Å². The first-order chi connectivity index (χ1) is 8.72. The zero-order chi connectivity index (χ0) is 12.5. The summed E-state index contributed by atoms with van der Waals surface area (Å²) >= 11 is 0. The third-order valence-electron chi connectivity index (χ3n) is 3.28. The van der Waals surface area contributed by atoms with Crippen molar-refractivity contribution in [3.8, 4) is 0 Å². The third kappa shape index (κ3) is 2.18. The van der Waals surface area contributed by atoms with E-state index in [0.717, 1.165) is 11.1 Å². The maximum Gasteiger partial charge on any atom is 0.213 e. The monoisotopic (exact) mass is 244 g/mol. The molecule has 0 saturated carbocycles. The number of hydrogen-bond donors (Lipinski definition) is 2. The Kier molecular flexibility index (Phi) is 2.91. The van der Waals surface area contributed by atoms with E-state index in [2.05, 4.69) is 18.2 Å². The van der Waals surface area contributed by atoms with Crippen LogP contribution in [-0.4, -0.2) is 19.6 Å². The van der Waals surface area contributed by atoms with Crippen LogP contribution >= 0.6 is 0 Å². The summed E-state index contributed by atoms with van der Waals surface area (Å²) in [6.07, 6.45) is -0.582. The lowest BCUT2D eigenvalue weighted by molar-refractivity contribution is -0.183. The van der Waals surface area contributed by atoms with Gasteiger partial charge in [0, 0.05) is 11.6 Å². The summed E-state index contributed by atoms with van der Waals surface area (Å²) < 4.78 is 10.6. The summed E-state index contributed by atoms with van der Waals surface area (Å²) in [6, 6.07) is 12.2. The van der Waals surface area contributed by atoms with Crippen molar-refractivity contribution in [2.45, 2.75) is 12.3 Å². The first kappa shape index (κ1) is 11.5. The molecule has 1 heterocycles. The van der Waals surface area contributed by atoms with Crippen LogP contribution in [-0.2, 0) is 9.47 Å². The van der Waals surface area contributed by atoms with Gasteiger partial charge in [-0.25, -0.2) is 0 Å². The average molecular weight is 244 g/mol. The number of fused-ring (bicyclic) bond motifs is 1. The van der Waals surface area contributed by atoms with E-state index in [4.69, 9.17) is 20.9 Å². The number of rotatable bonds is 1. The molecule has 0 aliphatic carbocycles. The molecule has 4 N–H and O–H groups in total. The van der Waals surface area contributed by atoms with Gasteiger partial charge in [-0.05, 0) is 28.5 Å². The van der Waals surface area contributed by atoms with Gasteiger partial charge in [-0.15, -0.1) is 0 Å². The fraction of sp³-hybridized carbons (Fsp3) is 0.286. The van der Waals surface area contributed by atoms with Gasteiger partial charge in [0.05, 0.1) is 13.2 Å². The summed E-state index contributed by atoms with van der Waals surface area (Å²) in [5, 5.41) is 2.32. The van der Waals surface area contributed by atoms with Crippen LogP contribution in [0.4, 0.5) is 5.69 Å². The van der Waals surface area contributed by atoms with Gasteiger partial charge in [-0.1, -0.05) is 24.3 Å². The fourth-order valence-corrected chi connectivity index (χ4v) is 2.25. The molecule has 4 nitrogen and oxygen atoms in total. The molecule has 4 heteroatoms. The molecule has 3 rings (SSSR count). The van der Waals surface area contributed by atoms with Crippen LogP contribution in [0.5, 0.6) is 0 Å². The lowest BCUT2D eigenvalue weighted by Crippen LogP contribution is -2.36. The summed E-state index contributed by atoms with van der Waals surface area (Å²) in [5.74, 6) is 0.242. The standard InChI is InChI=1S/C14H16N2O2/c15-13-4-3-9-5-10(1-2-11(9)6-13)12-7-17-14(16)18-8-12/h1-6,12,14H,7-8,15-16H2. The van der Waals surface area contributed by atoms with E-state index in [0.29, 0.717) is 13.2 Å². The zero-order valence-corrected chi connectivity index (χ0v) is 10.0. The van der Waals surface area contributed by atoms with Crippen LogP contribution in [0.1, 0.15) is 11.5 Å². The SMILES string of the molecule is Nc1ccc2cc(C3COC(N)OC3)ccc2c1. The molecule has 0 spiro atoms. The van der Waals surface area contributed by atoms with Crippen LogP contribution in [0.3, 0.4) is 0 Å². The lowest BCUT2D eigenvalue weighted by Gasteiger charge is -2.27. The Balaban J connectivity index is 1.91. The highest BCUT2D eigenvalue weighted by molar-refractivity contribution is 5.86. The normalized spacial score (nSPS) is 24.3. The van der Waals surface area contributed by atoms with E-state index in [9.17, 15) is 0 Å². The second-order valence-electron chi connectivity index (χ2n) is 4.60. The van der Waals surface area contributed by atoms with Gasteiger partial charge in [0.15, 0.2) is 0 Å². The Morgan fingerprint density at radius 3 is 2.39 bits per heavy atom. The van der Waals surface area contributed by atoms with Crippen LogP contribution in [0.25, 0.3) is 10.8 Å². The number of benzene rings is 2. The average Bonchev–Trinajstić information content (AvgIpc) is 2.39. The van der Waals surface area contributed by atoms with Crippen LogP contribution in [0.15, 0.2) is 36.4 Å². The predicted octanol–water partition coefficient (Wildman–Crippen LogP) is 1.79. The minimum atomic E-state index is -0.582. The number of anilines is 1. The highest BCUT2D eigenvalue weighted by atomic mass is 16.7. The summed E-state index contributed by atoms with van der Waals surface area (Å²) in [7, 11) is 0. The number of hydrogen-bond acceptors (Lipinski definition) is 4. The van der Waals surface area contributed by atoms with Crippen molar-refractivity contribution in [2.75, 3.05) is 18.9 Å². The van der Waals surface area contributed by atoms with Crippen molar-refractivity contribution in [1.29, 1.82) is 0 Å². The van der Waals surface area contributed by atoms with E-state index in [1.54, 1.807) is 0 Å².